The highest BCUT2D eigenvalue weighted by Gasteiger charge is 2.43. The normalized spacial score (nSPS) is 33.9. The number of rotatable bonds is 2. The molecule has 106 valence electrons. The Balaban J connectivity index is 1.68. The van der Waals surface area contributed by atoms with Crippen LogP contribution in [0.2, 0.25) is 0 Å². The molecule has 2 atom stereocenters. The molecule has 0 saturated carbocycles. The van der Waals surface area contributed by atoms with Gasteiger partial charge in [0.1, 0.15) is 6.04 Å². The molecule has 0 N–H and O–H groups in total. The molecule has 2 unspecified atom stereocenters. The highest BCUT2D eigenvalue weighted by atomic mass is 32.2. The Morgan fingerprint density at radius 2 is 2.00 bits per heavy atom. The molecule has 6 nitrogen and oxygen atoms in total. The van der Waals surface area contributed by atoms with Crippen LogP contribution in [0.3, 0.4) is 0 Å². The molecule has 0 spiro atoms. The van der Waals surface area contributed by atoms with Crippen molar-refractivity contribution in [1.29, 1.82) is 0 Å². The third-order valence-electron chi connectivity index (χ3n) is 4.30. The summed E-state index contributed by atoms with van der Waals surface area (Å²) in [6.45, 7) is 1.21. The van der Waals surface area contributed by atoms with Crippen LogP contribution in [0.25, 0.3) is 0 Å². The Labute approximate surface area is 112 Å². The third kappa shape index (κ3) is 2.35. The van der Waals surface area contributed by atoms with E-state index in [1.54, 1.807) is 9.80 Å². The average molecular weight is 286 g/mol. The van der Waals surface area contributed by atoms with E-state index in [9.17, 15) is 18.0 Å². The van der Waals surface area contributed by atoms with Crippen molar-refractivity contribution in [1.82, 2.24) is 9.80 Å². The Kier molecular flexibility index (Phi) is 3.03. The number of carbonyl (C=O) groups is 2. The zero-order chi connectivity index (χ0) is 13.6. The first-order chi connectivity index (χ1) is 8.96. The third-order valence-corrected chi connectivity index (χ3v) is 6.14. The van der Waals surface area contributed by atoms with Gasteiger partial charge in [-0.25, -0.2) is 8.42 Å². The number of nitrogens with zero attached hydrogens (tertiary/aromatic N) is 2. The van der Waals surface area contributed by atoms with Crippen molar-refractivity contribution in [2.75, 3.05) is 31.1 Å². The number of amides is 2. The second kappa shape index (κ2) is 4.47. The molecule has 3 aliphatic rings. The van der Waals surface area contributed by atoms with Crippen LogP contribution < -0.4 is 0 Å². The molecule has 3 rings (SSSR count). The fourth-order valence-electron chi connectivity index (χ4n) is 3.35. The van der Waals surface area contributed by atoms with Gasteiger partial charge < -0.3 is 9.80 Å². The first-order valence-corrected chi connectivity index (χ1v) is 8.57. The van der Waals surface area contributed by atoms with Crippen molar-refractivity contribution in [2.24, 2.45) is 5.92 Å². The van der Waals surface area contributed by atoms with Gasteiger partial charge in [0.05, 0.1) is 18.1 Å². The van der Waals surface area contributed by atoms with E-state index in [0.29, 0.717) is 19.5 Å². The smallest absolute Gasteiger partial charge is 0.245 e. The molecule has 0 radical (unpaired) electrons. The minimum atomic E-state index is -2.93. The summed E-state index contributed by atoms with van der Waals surface area (Å²) in [6, 6.07) is -0.292. The van der Waals surface area contributed by atoms with Crippen LogP contribution in [0.15, 0.2) is 0 Å². The molecule has 0 bridgehead atoms. The van der Waals surface area contributed by atoms with E-state index in [1.807, 2.05) is 0 Å². The lowest BCUT2D eigenvalue weighted by atomic mass is 10.1. The van der Waals surface area contributed by atoms with Gasteiger partial charge in [-0.1, -0.05) is 0 Å². The number of hydrogen-bond acceptors (Lipinski definition) is 4. The monoisotopic (exact) mass is 286 g/mol. The van der Waals surface area contributed by atoms with Gasteiger partial charge in [-0.05, 0) is 25.2 Å². The quantitative estimate of drug-likeness (QED) is 0.670. The molecule has 3 aliphatic heterocycles. The Hall–Kier alpha value is -1.11. The van der Waals surface area contributed by atoms with Crippen molar-refractivity contribution in [3.8, 4) is 0 Å². The lowest BCUT2D eigenvalue weighted by Crippen LogP contribution is -2.58. The molecule has 0 aromatic carbocycles. The average Bonchev–Trinajstić information content (AvgIpc) is 2.93. The van der Waals surface area contributed by atoms with Crippen LogP contribution in [0, 0.1) is 5.92 Å². The summed E-state index contributed by atoms with van der Waals surface area (Å²) in [5, 5.41) is 0. The molecule has 0 aromatic rings. The van der Waals surface area contributed by atoms with Crippen molar-refractivity contribution in [3.63, 3.8) is 0 Å². The molecule has 3 fully saturated rings. The predicted octanol–water partition coefficient (Wildman–Crippen LogP) is -0.746. The second-order valence-electron chi connectivity index (χ2n) is 5.73. The van der Waals surface area contributed by atoms with Gasteiger partial charge in [-0.15, -0.1) is 0 Å². The van der Waals surface area contributed by atoms with E-state index in [2.05, 4.69) is 0 Å². The molecule has 3 saturated heterocycles. The summed E-state index contributed by atoms with van der Waals surface area (Å²) in [4.78, 5) is 27.5. The first-order valence-electron chi connectivity index (χ1n) is 6.75. The molecule has 0 aliphatic carbocycles. The number of fused-ring (bicyclic) bond motifs is 1. The van der Waals surface area contributed by atoms with Gasteiger partial charge >= 0.3 is 0 Å². The van der Waals surface area contributed by atoms with Crippen LogP contribution in [0.4, 0.5) is 0 Å². The van der Waals surface area contributed by atoms with Crippen molar-refractivity contribution >= 4 is 21.7 Å². The van der Waals surface area contributed by atoms with Gasteiger partial charge in [0.25, 0.3) is 0 Å². The number of piperazine rings is 1. The van der Waals surface area contributed by atoms with Gasteiger partial charge in [0.2, 0.25) is 11.8 Å². The summed E-state index contributed by atoms with van der Waals surface area (Å²) in [6.07, 6.45) is 2.23. The summed E-state index contributed by atoms with van der Waals surface area (Å²) in [5.41, 5.74) is 0. The van der Waals surface area contributed by atoms with E-state index in [4.69, 9.17) is 0 Å². The largest absolute Gasteiger partial charge is 0.331 e. The summed E-state index contributed by atoms with van der Waals surface area (Å²) in [5.74, 6) is 0.363. The highest BCUT2D eigenvalue weighted by molar-refractivity contribution is 7.91. The number of sulfone groups is 1. The molecule has 19 heavy (non-hydrogen) atoms. The standard InChI is InChI=1S/C12H18N2O4S/c15-11-7-13(6-9-3-5-19(17,18)8-9)12(16)10-2-1-4-14(10)11/h9-10H,1-8H2. The number of hydrogen-bond donors (Lipinski definition) is 0. The van der Waals surface area contributed by atoms with Crippen molar-refractivity contribution in [2.45, 2.75) is 25.3 Å². The van der Waals surface area contributed by atoms with Crippen LogP contribution in [-0.2, 0) is 19.4 Å². The zero-order valence-electron chi connectivity index (χ0n) is 10.7. The SMILES string of the molecule is O=C1C2CCCN2C(=O)CN1CC1CCS(=O)(=O)C1. The van der Waals surface area contributed by atoms with Crippen LogP contribution >= 0.6 is 0 Å². The summed E-state index contributed by atoms with van der Waals surface area (Å²) >= 11 is 0. The Morgan fingerprint density at radius 3 is 2.68 bits per heavy atom. The zero-order valence-corrected chi connectivity index (χ0v) is 11.6. The molecular weight excluding hydrogens is 268 g/mol. The summed E-state index contributed by atoms with van der Waals surface area (Å²) < 4.78 is 22.9. The first kappa shape index (κ1) is 12.9. The van der Waals surface area contributed by atoms with E-state index < -0.39 is 9.84 Å². The van der Waals surface area contributed by atoms with Crippen LogP contribution in [-0.4, -0.2) is 67.2 Å². The van der Waals surface area contributed by atoms with E-state index in [-0.39, 0.29) is 41.8 Å². The molecule has 0 aromatic heterocycles. The predicted molar refractivity (Wildman–Crippen MR) is 68.1 cm³/mol. The maximum absolute atomic E-state index is 12.3. The molecule has 7 heteroatoms. The van der Waals surface area contributed by atoms with Gasteiger partial charge in [-0.2, -0.15) is 0 Å². The number of carbonyl (C=O) groups excluding carboxylic acids is 2. The van der Waals surface area contributed by atoms with Crippen molar-refractivity contribution < 1.29 is 18.0 Å². The van der Waals surface area contributed by atoms with Gasteiger partial charge in [0, 0.05) is 13.1 Å². The topological polar surface area (TPSA) is 74.8 Å². The maximum atomic E-state index is 12.3. The lowest BCUT2D eigenvalue weighted by Gasteiger charge is -2.37. The highest BCUT2D eigenvalue weighted by Crippen LogP contribution is 2.26. The van der Waals surface area contributed by atoms with Gasteiger partial charge in [0.15, 0.2) is 9.84 Å². The molecule has 3 heterocycles. The Bertz CT molecular complexity index is 516. The lowest BCUT2D eigenvalue weighted by molar-refractivity contribution is -0.154. The molecular formula is C12H18N2O4S. The molecule has 2 amide bonds. The van der Waals surface area contributed by atoms with Crippen molar-refractivity contribution in [3.05, 3.63) is 0 Å². The maximum Gasteiger partial charge on any atom is 0.245 e. The fourth-order valence-corrected chi connectivity index (χ4v) is 5.20. The second-order valence-corrected chi connectivity index (χ2v) is 7.96. The van der Waals surface area contributed by atoms with Crippen LogP contribution in [0.5, 0.6) is 0 Å². The van der Waals surface area contributed by atoms with E-state index >= 15 is 0 Å². The van der Waals surface area contributed by atoms with Gasteiger partial charge in [-0.3, -0.25) is 9.59 Å². The fraction of sp³-hybridized carbons (Fsp3) is 0.833. The minimum absolute atomic E-state index is 0.00129. The van der Waals surface area contributed by atoms with Crippen LogP contribution in [0.1, 0.15) is 19.3 Å². The van der Waals surface area contributed by atoms with E-state index in [0.717, 1.165) is 12.8 Å². The summed E-state index contributed by atoms with van der Waals surface area (Å²) in [7, 11) is -2.93. The van der Waals surface area contributed by atoms with E-state index in [1.165, 1.54) is 0 Å². The Morgan fingerprint density at radius 1 is 1.21 bits per heavy atom. The minimum Gasteiger partial charge on any atom is -0.331 e.